The SMILES string of the molecule is CC(N[S@@+]([O-])C(C)(C)C)c1c(F)cccc1F. The van der Waals surface area contributed by atoms with E-state index in [0.29, 0.717) is 0 Å². The van der Waals surface area contributed by atoms with Crippen LogP contribution in [0, 0.1) is 11.6 Å². The van der Waals surface area contributed by atoms with Gasteiger partial charge in [-0.2, -0.15) is 0 Å². The van der Waals surface area contributed by atoms with Gasteiger partial charge in [-0.1, -0.05) is 6.07 Å². The lowest BCUT2D eigenvalue weighted by molar-refractivity contribution is 0.501. The van der Waals surface area contributed by atoms with Gasteiger partial charge in [-0.05, 0) is 39.8 Å². The molecule has 1 unspecified atom stereocenters. The first-order chi connectivity index (χ1) is 7.73. The molecular weight excluding hydrogens is 244 g/mol. The topological polar surface area (TPSA) is 35.1 Å². The van der Waals surface area contributed by atoms with E-state index >= 15 is 0 Å². The highest BCUT2D eigenvalue weighted by molar-refractivity contribution is 7.90. The average Bonchev–Trinajstić information content (AvgIpc) is 2.15. The number of hydrogen-bond acceptors (Lipinski definition) is 2. The molecule has 0 aromatic heterocycles. The van der Waals surface area contributed by atoms with Crippen LogP contribution in [0.2, 0.25) is 0 Å². The third kappa shape index (κ3) is 3.66. The van der Waals surface area contributed by atoms with E-state index in [1.807, 2.05) is 0 Å². The van der Waals surface area contributed by atoms with Crippen molar-refractivity contribution in [3.05, 3.63) is 35.4 Å². The van der Waals surface area contributed by atoms with E-state index in [1.54, 1.807) is 27.7 Å². The molecule has 1 N–H and O–H groups in total. The monoisotopic (exact) mass is 261 g/mol. The first kappa shape index (κ1) is 14.4. The molecule has 1 rings (SSSR count). The van der Waals surface area contributed by atoms with Crippen molar-refractivity contribution in [1.29, 1.82) is 0 Å². The molecule has 0 amide bonds. The molecule has 0 spiro atoms. The van der Waals surface area contributed by atoms with Crippen LogP contribution in [-0.2, 0) is 11.4 Å². The van der Waals surface area contributed by atoms with Gasteiger partial charge in [0.1, 0.15) is 16.4 Å². The highest BCUT2D eigenvalue weighted by Crippen LogP contribution is 2.23. The molecule has 0 aliphatic rings. The predicted molar refractivity (Wildman–Crippen MR) is 65.8 cm³/mol. The smallest absolute Gasteiger partial charge is 0.136 e. The molecule has 0 radical (unpaired) electrons. The largest absolute Gasteiger partial charge is 0.598 e. The van der Waals surface area contributed by atoms with Crippen LogP contribution in [0.15, 0.2) is 18.2 Å². The van der Waals surface area contributed by atoms with E-state index in [9.17, 15) is 13.3 Å². The van der Waals surface area contributed by atoms with Gasteiger partial charge >= 0.3 is 0 Å². The number of benzene rings is 1. The first-order valence-electron chi connectivity index (χ1n) is 5.35. The Kier molecular flexibility index (Phi) is 4.52. The van der Waals surface area contributed by atoms with Gasteiger partial charge in [0.05, 0.1) is 6.04 Å². The minimum absolute atomic E-state index is 0.0786. The van der Waals surface area contributed by atoms with Gasteiger partial charge in [0, 0.05) is 16.9 Å². The highest BCUT2D eigenvalue weighted by atomic mass is 32.2. The van der Waals surface area contributed by atoms with Crippen molar-refractivity contribution in [1.82, 2.24) is 4.72 Å². The van der Waals surface area contributed by atoms with Crippen molar-refractivity contribution in [2.75, 3.05) is 0 Å². The Morgan fingerprint density at radius 3 is 2.12 bits per heavy atom. The zero-order chi connectivity index (χ0) is 13.2. The Balaban J connectivity index is 2.87. The van der Waals surface area contributed by atoms with E-state index in [-0.39, 0.29) is 5.56 Å². The second-order valence-electron chi connectivity index (χ2n) is 4.86. The fourth-order valence-electron chi connectivity index (χ4n) is 1.32. The average molecular weight is 261 g/mol. The summed E-state index contributed by atoms with van der Waals surface area (Å²) >= 11 is -1.37. The number of hydrogen-bond donors (Lipinski definition) is 1. The summed E-state index contributed by atoms with van der Waals surface area (Å²) in [5.41, 5.74) is -0.0786. The lowest BCUT2D eigenvalue weighted by Gasteiger charge is -2.26. The van der Waals surface area contributed by atoms with E-state index in [2.05, 4.69) is 4.72 Å². The Morgan fingerprint density at radius 2 is 1.71 bits per heavy atom. The molecule has 96 valence electrons. The van der Waals surface area contributed by atoms with Crippen molar-refractivity contribution in [3.8, 4) is 0 Å². The standard InChI is InChI=1S/C12H17F2NOS/c1-8(15-17(16)12(2,3)4)11-9(13)6-5-7-10(11)14/h5-8,15H,1-4H3/t8?,17-/m0/s1. The normalized spacial score (nSPS) is 15.7. The van der Waals surface area contributed by atoms with Crippen molar-refractivity contribution < 1.29 is 13.3 Å². The van der Waals surface area contributed by atoms with Crippen molar-refractivity contribution in [2.24, 2.45) is 0 Å². The number of nitrogens with one attached hydrogen (secondary N) is 1. The lowest BCUT2D eigenvalue weighted by atomic mass is 10.1. The maximum absolute atomic E-state index is 13.5. The van der Waals surface area contributed by atoms with Gasteiger partial charge in [-0.15, -0.1) is 4.72 Å². The third-order valence-electron chi connectivity index (χ3n) is 2.27. The zero-order valence-electron chi connectivity index (χ0n) is 10.4. The molecule has 2 nitrogen and oxygen atoms in total. The van der Waals surface area contributed by atoms with Crippen LogP contribution >= 0.6 is 0 Å². The summed E-state index contributed by atoms with van der Waals surface area (Å²) < 4.78 is 41.0. The molecule has 0 bridgehead atoms. The molecule has 0 saturated heterocycles. The van der Waals surface area contributed by atoms with Crippen LogP contribution in [0.1, 0.15) is 39.3 Å². The molecule has 0 heterocycles. The molecule has 0 saturated carbocycles. The van der Waals surface area contributed by atoms with Gasteiger partial charge in [-0.3, -0.25) is 0 Å². The summed E-state index contributed by atoms with van der Waals surface area (Å²) in [4.78, 5) is 0. The molecule has 0 aliphatic heterocycles. The highest BCUT2D eigenvalue weighted by Gasteiger charge is 2.29. The number of halogens is 2. The number of rotatable bonds is 3. The summed E-state index contributed by atoms with van der Waals surface area (Å²) in [6, 6.07) is 3.05. The Morgan fingerprint density at radius 1 is 1.24 bits per heavy atom. The van der Waals surface area contributed by atoms with Gasteiger partial charge in [0.25, 0.3) is 0 Å². The fraction of sp³-hybridized carbons (Fsp3) is 0.500. The van der Waals surface area contributed by atoms with Crippen LogP contribution in [0.5, 0.6) is 0 Å². The second-order valence-corrected chi connectivity index (χ2v) is 6.85. The quantitative estimate of drug-likeness (QED) is 0.849. The Bertz CT molecular complexity index is 372. The van der Waals surface area contributed by atoms with Crippen molar-refractivity contribution in [2.45, 2.75) is 38.5 Å². The first-order valence-corrected chi connectivity index (χ1v) is 6.50. The molecule has 17 heavy (non-hydrogen) atoms. The molecule has 0 aliphatic carbocycles. The molecule has 0 fully saturated rings. The van der Waals surface area contributed by atoms with Gasteiger partial charge in [0.15, 0.2) is 0 Å². The van der Waals surface area contributed by atoms with E-state index in [0.717, 1.165) is 0 Å². The Hall–Kier alpha value is -0.650. The second kappa shape index (κ2) is 5.33. The van der Waals surface area contributed by atoms with E-state index in [1.165, 1.54) is 18.2 Å². The molecule has 2 atom stereocenters. The zero-order valence-corrected chi connectivity index (χ0v) is 11.2. The molecule has 1 aromatic rings. The summed E-state index contributed by atoms with van der Waals surface area (Å²) in [7, 11) is 0. The minimum Gasteiger partial charge on any atom is -0.598 e. The fourth-order valence-corrected chi connectivity index (χ4v) is 2.11. The summed E-state index contributed by atoms with van der Waals surface area (Å²) in [5, 5.41) is 0. The van der Waals surface area contributed by atoms with Crippen LogP contribution in [0.4, 0.5) is 8.78 Å². The van der Waals surface area contributed by atoms with Gasteiger partial charge in [-0.25, -0.2) is 8.78 Å². The molecule has 1 aromatic carbocycles. The maximum Gasteiger partial charge on any atom is 0.136 e. The molecule has 5 heteroatoms. The van der Waals surface area contributed by atoms with E-state index in [4.69, 9.17) is 0 Å². The van der Waals surface area contributed by atoms with E-state index < -0.39 is 33.8 Å². The third-order valence-corrected chi connectivity index (χ3v) is 3.95. The van der Waals surface area contributed by atoms with Gasteiger partial charge < -0.3 is 4.55 Å². The molecular formula is C12H17F2NOS. The summed E-state index contributed by atoms with van der Waals surface area (Å²) in [6.45, 7) is 6.97. The predicted octanol–water partition coefficient (Wildman–Crippen LogP) is 3.08. The van der Waals surface area contributed by atoms with Crippen molar-refractivity contribution >= 4 is 11.4 Å². The van der Waals surface area contributed by atoms with Gasteiger partial charge in [0.2, 0.25) is 0 Å². The Labute approximate surface area is 104 Å². The summed E-state index contributed by atoms with van der Waals surface area (Å²) in [6.07, 6.45) is 0. The van der Waals surface area contributed by atoms with Crippen LogP contribution in [0.3, 0.4) is 0 Å². The van der Waals surface area contributed by atoms with Crippen LogP contribution < -0.4 is 4.72 Å². The summed E-state index contributed by atoms with van der Waals surface area (Å²) in [5.74, 6) is -1.26. The lowest BCUT2D eigenvalue weighted by Crippen LogP contribution is -2.40. The van der Waals surface area contributed by atoms with Crippen LogP contribution in [-0.4, -0.2) is 9.30 Å². The maximum atomic E-state index is 13.5. The van der Waals surface area contributed by atoms with Crippen molar-refractivity contribution in [3.63, 3.8) is 0 Å². The van der Waals surface area contributed by atoms with Crippen LogP contribution in [0.25, 0.3) is 0 Å². The minimum atomic E-state index is -1.37.